The lowest BCUT2D eigenvalue weighted by atomic mass is 10.2. The molecule has 0 radical (unpaired) electrons. The highest BCUT2D eigenvalue weighted by atomic mass is 35.5. The molecule has 9 heteroatoms. The van der Waals surface area contributed by atoms with Gasteiger partial charge in [0.15, 0.2) is 5.75 Å². The van der Waals surface area contributed by atoms with Crippen LogP contribution in [0.1, 0.15) is 6.42 Å². The van der Waals surface area contributed by atoms with Crippen LogP contribution in [0.2, 0.25) is 10.0 Å². The number of anilines is 3. The van der Waals surface area contributed by atoms with Crippen molar-refractivity contribution in [1.82, 2.24) is 15.0 Å². The number of aromatic hydroxyl groups is 1. The van der Waals surface area contributed by atoms with Crippen LogP contribution in [0.3, 0.4) is 0 Å². The summed E-state index contributed by atoms with van der Waals surface area (Å²) in [5.74, 6) is 0.715. The first-order valence-electron chi connectivity index (χ1n) is 8.17. The largest absolute Gasteiger partial charge is 0.505 e. The zero-order valence-corrected chi connectivity index (χ0v) is 15.7. The van der Waals surface area contributed by atoms with Crippen LogP contribution in [-0.2, 0) is 0 Å². The molecule has 0 aliphatic heterocycles. The lowest BCUT2D eigenvalue weighted by molar-refractivity contribution is 0.292. The molecule has 0 bridgehead atoms. The molecule has 2 heterocycles. The van der Waals surface area contributed by atoms with Gasteiger partial charge in [-0.05, 0) is 30.7 Å². The van der Waals surface area contributed by atoms with Crippen molar-refractivity contribution in [3.63, 3.8) is 0 Å². The van der Waals surface area contributed by atoms with Gasteiger partial charge in [-0.3, -0.25) is 4.98 Å². The molecule has 0 unspecified atom stereocenters. The second-order valence-corrected chi connectivity index (χ2v) is 6.41. The molecule has 0 atom stereocenters. The van der Waals surface area contributed by atoms with Crippen molar-refractivity contribution in [3.8, 4) is 17.1 Å². The molecule has 0 amide bonds. The number of hydrogen-bond donors (Lipinski definition) is 4. The number of benzene rings is 1. The van der Waals surface area contributed by atoms with Gasteiger partial charge in [0.1, 0.15) is 5.82 Å². The number of phenolic OH excluding ortho intramolecular Hbond substituents is 1. The van der Waals surface area contributed by atoms with Crippen molar-refractivity contribution in [2.24, 2.45) is 0 Å². The Balaban J connectivity index is 1.94. The molecule has 7 nitrogen and oxygen atoms in total. The van der Waals surface area contributed by atoms with Gasteiger partial charge in [0, 0.05) is 31.1 Å². The fourth-order valence-electron chi connectivity index (χ4n) is 2.30. The van der Waals surface area contributed by atoms with Gasteiger partial charge in [0.05, 0.1) is 21.4 Å². The zero-order chi connectivity index (χ0) is 19.2. The van der Waals surface area contributed by atoms with Gasteiger partial charge in [-0.15, -0.1) is 0 Å². The molecule has 140 valence electrons. The van der Waals surface area contributed by atoms with Gasteiger partial charge in [0.2, 0.25) is 5.95 Å². The molecule has 0 aliphatic rings. The van der Waals surface area contributed by atoms with E-state index >= 15 is 0 Å². The van der Waals surface area contributed by atoms with Gasteiger partial charge >= 0.3 is 0 Å². The minimum Gasteiger partial charge on any atom is -0.505 e. The summed E-state index contributed by atoms with van der Waals surface area (Å²) in [4.78, 5) is 13.2. The first-order chi connectivity index (χ1) is 13.1. The quantitative estimate of drug-likeness (QED) is 0.346. The maximum Gasteiger partial charge on any atom is 0.225 e. The Bertz CT molecular complexity index is 902. The molecule has 0 saturated heterocycles. The van der Waals surface area contributed by atoms with E-state index in [4.69, 9.17) is 28.3 Å². The van der Waals surface area contributed by atoms with Gasteiger partial charge in [0.25, 0.3) is 0 Å². The molecule has 1 aromatic carbocycles. The lowest BCUT2D eigenvalue weighted by Gasteiger charge is -2.12. The summed E-state index contributed by atoms with van der Waals surface area (Å²) in [6.07, 6.45) is 2.26. The van der Waals surface area contributed by atoms with E-state index in [-0.39, 0.29) is 22.4 Å². The fraction of sp³-hybridized carbons (Fsp3) is 0.167. The zero-order valence-electron chi connectivity index (χ0n) is 14.2. The molecule has 4 N–H and O–H groups in total. The number of aliphatic hydroxyl groups excluding tert-OH is 1. The van der Waals surface area contributed by atoms with Crippen LogP contribution in [0.4, 0.5) is 17.5 Å². The van der Waals surface area contributed by atoms with E-state index in [1.807, 2.05) is 18.2 Å². The average Bonchev–Trinajstić information content (AvgIpc) is 2.67. The van der Waals surface area contributed by atoms with E-state index in [1.54, 1.807) is 24.4 Å². The Hall–Kier alpha value is -2.61. The first-order valence-corrected chi connectivity index (χ1v) is 8.92. The Kier molecular flexibility index (Phi) is 6.28. The van der Waals surface area contributed by atoms with E-state index in [2.05, 4.69) is 25.6 Å². The second-order valence-electron chi connectivity index (χ2n) is 5.59. The molecule has 3 aromatic rings. The van der Waals surface area contributed by atoms with E-state index in [9.17, 15) is 5.11 Å². The minimum absolute atomic E-state index is 0.0720. The third kappa shape index (κ3) is 4.97. The third-order valence-electron chi connectivity index (χ3n) is 3.56. The Morgan fingerprint density at radius 1 is 1.00 bits per heavy atom. The summed E-state index contributed by atoms with van der Waals surface area (Å²) in [7, 11) is 0. The van der Waals surface area contributed by atoms with Crippen LogP contribution in [0.15, 0.2) is 42.6 Å². The summed E-state index contributed by atoms with van der Waals surface area (Å²) in [6, 6.07) is 10.4. The van der Waals surface area contributed by atoms with Crippen molar-refractivity contribution in [2.75, 3.05) is 23.8 Å². The summed E-state index contributed by atoms with van der Waals surface area (Å²) in [5.41, 5.74) is 1.88. The molecule has 27 heavy (non-hydrogen) atoms. The maximum atomic E-state index is 9.70. The number of nitrogens with zero attached hydrogens (tertiary/aromatic N) is 3. The highest BCUT2D eigenvalue weighted by Crippen LogP contribution is 2.35. The van der Waals surface area contributed by atoms with Gasteiger partial charge in [-0.25, -0.2) is 4.98 Å². The highest BCUT2D eigenvalue weighted by molar-refractivity contribution is 6.37. The average molecular weight is 406 g/mol. The Morgan fingerprint density at radius 3 is 2.44 bits per heavy atom. The Labute approximate surface area is 166 Å². The predicted molar refractivity (Wildman–Crippen MR) is 107 cm³/mol. The monoisotopic (exact) mass is 405 g/mol. The maximum absolute atomic E-state index is 9.70. The number of aromatic nitrogens is 3. The molecule has 0 fully saturated rings. The fourth-order valence-corrected chi connectivity index (χ4v) is 2.79. The molecular formula is C18H17Cl2N5O2. The highest BCUT2D eigenvalue weighted by Gasteiger charge is 2.11. The second kappa shape index (κ2) is 8.85. The molecule has 0 aliphatic carbocycles. The number of phenols is 1. The summed E-state index contributed by atoms with van der Waals surface area (Å²) in [6.45, 7) is 0.598. The summed E-state index contributed by atoms with van der Waals surface area (Å²) < 4.78 is 0. The Morgan fingerprint density at radius 2 is 1.78 bits per heavy atom. The molecule has 2 aromatic heterocycles. The van der Waals surface area contributed by atoms with E-state index in [1.165, 1.54) is 0 Å². The van der Waals surface area contributed by atoms with Crippen molar-refractivity contribution in [3.05, 3.63) is 52.6 Å². The number of halogens is 2. The predicted octanol–water partition coefficient (Wildman–Crippen LogP) is 4.09. The number of pyridine rings is 1. The van der Waals surface area contributed by atoms with E-state index in [0.717, 1.165) is 0 Å². The van der Waals surface area contributed by atoms with Gasteiger partial charge in [-0.1, -0.05) is 29.3 Å². The number of rotatable bonds is 7. The summed E-state index contributed by atoms with van der Waals surface area (Å²) in [5, 5.41) is 25.1. The lowest BCUT2D eigenvalue weighted by Crippen LogP contribution is -2.09. The van der Waals surface area contributed by atoms with E-state index in [0.29, 0.717) is 41.8 Å². The number of nitrogens with one attached hydrogen (secondary N) is 2. The van der Waals surface area contributed by atoms with Crippen LogP contribution >= 0.6 is 23.2 Å². The van der Waals surface area contributed by atoms with Gasteiger partial charge < -0.3 is 20.8 Å². The van der Waals surface area contributed by atoms with E-state index < -0.39 is 0 Å². The topological polar surface area (TPSA) is 103 Å². The molecule has 0 saturated carbocycles. The van der Waals surface area contributed by atoms with Crippen molar-refractivity contribution < 1.29 is 10.2 Å². The van der Waals surface area contributed by atoms with Crippen LogP contribution in [0.5, 0.6) is 5.75 Å². The van der Waals surface area contributed by atoms with Crippen LogP contribution in [0, 0.1) is 0 Å². The van der Waals surface area contributed by atoms with Crippen LogP contribution < -0.4 is 10.6 Å². The molecule has 0 spiro atoms. The summed E-state index contributed by atoms with van der Waals surface area (Å²) >= 11 is 12.0. The van der Waals surface area contributed by atoms with Crippen LogP contribution in [0.25, 0.3) is 11.4 Å². The number of aliphatic hydroxyl groups is 1. The minimum atomic E-state index is -0.174. The molecular weight excluding hydrogens is 389 g/mol. The standard InChI is InChI=1S/C18H17Cl2N5O2/c19-12-8-11(9-13(20)17(12)27)23-16-10-15(14-4-1-2-5-21-14)24-18(25-16)22-6-3-7-26/h1-2,4-5,8-10,26-27H,3,6-7H2,(H2,22,23,24,25). The third-order valence-corrected chi connectivity index (χ3v) is 4.14. The molecule has 3 rings (SSSR count). The van der Waals surface area contributed by atoms with Crippen molar-refractivity contribution >= 4 is 40.7 Å². The smallest absolute Gasteiger partial charge is 0.225 e. The van der Waals surface area contributed by atoms with Crippen molar-refractivity contribution in [2.45, 2.75) is 6.42 Å². The van der Waals surface area contributed by atoms with Crippen molar-refractivity contribution in [1.29, 1.82) is 0 Å². The van der Waals surface area contributed by atoms with Gasteiger partial charge in [-0.2, -0.15) is 4.98 Å². The SMILES string of the molecule is OCCCNc1nc(Nc2cc(Cl)c(O)c(Cl)c2)cc(-c2ccccn2)n1. The number of hydrogen-bond acceptors (Lipinski definition) is 7. The first kappa shape index (κ1) is 19.2. The van der Waals surface area contributed by atoms with Crippen LogP contribution in [-0.4, -0.2) is 38.3 Å². The normalized spacial score (nSPS) is 10.6.